The molecule has 3 N–H and O–H groups in total. The minimum atomic E-state index is 0.0282. The second-order valence-corrected chi connectivity index (χ2v) is 5.17. The normalized spacial score (nSPS) is 12.4. The van der Waals surface area contributed by atoms with Crippen LogP contribution in [0.4, 0.5) is 0 Å². The predicted octanol–water partition coefficient (Wildman–Crippen LogP) is 2.90. The minimum Gasteiger partial charge on any atom is -0.271 e. The molecule has 2 rings (SSSR count). The zero-order valence-corrected chi connectivity index (χ0v) is 11.8. The molecule has 0 radical (unpaired) electrons. The van der Waals surface area contributed by atoms with Gasteiger partial charge in [0.15, 0.2) is 0 Å². The van der Waals surface area contributed by atoms with Crippen LogP contribution in [0, 0.1) is 6.92 Å². The molecule has 1 aromatic carbocycles. The highest BCUT2D eigenvalue weighted by molar-refractivity contribution is 9.10. The number of benzene rings is 1. The van der Waals surface area contributed by atoms with Crippen molar-refractivity contribution in [2.45, 2.75) is 19.4 Å². The van der Waals surface area contributed by atoms with Gasteiger partial charge in [0.05, 0.1) is 11.7 Å². The van der Waals surface area contributed by atoms with Gasteiger partial charge < -0.3 is 0 Å². The molecule has 2 aromatic rings. The van der Waals surface area contributed by atoms with Gasteiger partial charge in [0.2, 0.25) is 0 Å². The average molecular weight is 306 g/mol. The van der Waals surface area contributed by atoms with Crippen molar-refractivity contribution in [2.24, 2.45) is 5.84 Å². The number of nitrogens with zero attached hydrogens (tertiary/aromatic N) is 1. The Morgan fingerprint density at radius 1 is 1.33 bits per heavy atom. The lowest BCUT2D eigenvalue weighted by atomic mass is 10.0. The molecule has 1 aromatic heterocycles. The lowest BCUT2D eigenvalue weighted by molar-refractivity contribution is 0.535. The van der Waals surface area contributed by atoms with Gasteiger partial charge in [-0.15, -0.1) is 0 Å². The van der Waals surface area contributed by atoms with Crippen LogP contribution in [0.15, 0.2) is 47.1 Å². The quantitative estimate of drug-likeness (QED) is 0.674. The van der Waals surface area contributed by atoms with E-state index in [-0.39, 0.29) is 6.04 Å². The van der Waals surface area contributed by atoms with Crippen LogP contribution in [-0.4, -0.2) is 4.98 Å². The van der Waals surface area contributed by atoms with Gasteiger partial charge in [-0.3, -0.25) is 16.3 Å². The van der Waals surface area contributed by atoms with E-state index in [1.165, 1.54) is 5.56 Å². The molecule has 94 valence electrons. The number of hydrazine groups is 1. The average Bonchev–Trinajstić information content (AvgIpc) is 2.37. The molecule has 1 heterocycles. The monoisotopic (exact) mass is 305 g/mol. The highest BCUT2D eigenvalue weighted by Gasteiger charge is 2.14. The maximum absolute atomic E-state index is 5.66. The Morgan fingerprint density at radius 3 is 2.83 bits per heavy atom. The fraction of sp³-hybridized carbons (Fsp3) is 0.214. The van der Waals surface area contributed by atoms with Crippen LogP contribution in [0.2, 0.25) is 0 Å². The Bertz CT molecular complexity index is 528. The highest BCUT2D eigenvalue weighted by Crippen LogP contribution is 2.20. The first-order chi connectivity index (χ1) is 8.70. The summed E-state index contributed by atoms with van der Waals surface area (Å²) in [6, 6.07) is 12.2. The number of rotatable bonds is 4. The van der Waals surface area contributed by atoms with Crippen molar-refractivity contribution in [3.8, 4) is 0 Å². The second kappa shape index (κ2) is 6.09. The van der Waals surface area contributed by atoms with Crippen LogP contribution < -0.4 is 11.3 Å². The van der Waals surface area contributed by atoms with Crippen molar-refractivity contribution < 1.29 is 0 Å². The van der Waals surface area contributed by atoms with Gasteiger partial charge in [0, 0.05) is 10.7 Å². The Morgan fingerprint density at radius 2 is 2.17 bits per heavy atom. The summed E-state index contributed by atoms with van der Waals surface area (Å²) in [5.74, 6) is 5.66. The van der Waals surface area contributed by atoms with Crippen molar-refractivity contribution in [1.29, 1.82) is 0 Å². The molecule has 0 aliphatic rings. The van der Waals surface area contributed by atoms with Gasteiger partial charge in [0.1, 0.15) is 0 Å². The van der Waals surface area contributed by atoms with Crippen LogP contribution in [0.5, 0.6) is 0 Å². The van der Waals surface area contributed by atoms with E-state index >= 15 is 0 Å². The van der Waals surface area contributed by atoms with Gasteiger partial charge in [0.25, 0.3) is 0 Å². The second-order valence-electron chi connectivity index (χ2n) is 4.26. The van der Waals surface area contributed by atoms with E-state index in [0.29, 0.717) is 0 Å². The third kappa shape index (κ3) is 3.16. The van der Waals surface area contributed by atoms with E-state index in [2.05, 4.69) is 38.5 Å². The first-order valence-corrected chi connectivity index (χ1v) is 6.62. The zero-order chi connectivity index (χ0) is 13.0. The number of halogens is 1. The van der Waals surface area contributed by atoms with E-state index in [0.717, 1.165) is 22.2 Å². The molecule has 1 atom stereocenters. The molecule has 3 nitrogen and oxygen atoms in total. The summed E-state index contributed by atoms with van der Waals surface area (Å²) >= 11 is 3.48. The topological polar surface area (TPSA) is 50.9 Å². The smallest absolute Gasteiger partial charge is 0.0675 e. The van der Waals surface area contributed by atoms with E-state index in [4.69, 9.17) is 5.84 Å². The maximum atomic E-state index is 5.66. The third-order valence-electron chi connectivity index (χ3n) is 2.91. The van der Waals surface area contributed by atoms with E-state index in [1.807, 2.05) is 31.2 Å². The molecule has 0 saturated carbocycles. The first-order valence-electron chi connectivity index (χ1n) is 5.83. The summed E-state index contributed by atoms with van der Waals surface area (Å²) in [6.07, 6.45) is 2.61. The van der Waals surface area contributed by atoms with Crippen LogP contribution in [0.1, 0.15) is 22.9 Å². The lowest BCUT2D eigenvalue weighted by Crippen LogP contribution is -2.30. The van der Waals surface area contributed by atoms with Gasteiger partial charge in [-0.25, -0.2) is 0 Å². The minimum absolute atomic E-state index is 0.0282. The van der Waals surface area contributed by atoms with Crippen molar-refractivity contribution in [2.75, 3.05) is 0 Å². The Kier molecular flexibility index (Phi) is 4.47. The standard InChI is InChI=1S/C14H16BrN3/c1-10-4-3-7-17-14(10)13(18-16)9-11-5-2-6-12(15)8-11/h2-8,13,18H,9,16H2,1H3. The number of aryl methyl sites for hydroxylation is 1. The van der Waals surface area contributed by atoms with Gasteiger partial charge in [-0.2, -0.15) is 0 Å². The molecular weight excluding hydrogens is 290 g/mol. The fourth-order valence-corrected chi connectivity index (χ4v) is 2.44. The van der Waals surface area contributed by atoms with E-state index in [9.17, 15) is 0 Å². The Hall–Kier alpha value is -1.23. The van der Waals surface area contributed by atoms with Crippen molar-refractivity contribution in [3.05, 3.63) is 63.9 Å². The highest BCUT2D eigenvalue weighted by atomic mass is 79.9. The molecule has 0 aliphatic heterocycles. The summed E-state index contributed by atoms with van der Waals surface area (Å²) in [5, 5.41) is 0. The number of aromatic nitrogens is 1. The molecule has 0 bridgehead atoms. The SMILES string of the molecule is Cc1cccnc1C(Cc1cccc(Br)c1)NN. The Balaban J connectivity index is 2.23. The van der Waals surface area contributed by atoms with Crippen molar-refractivity contribution in [3.63, 3.8) is 0 Å². The summed E-state index contributed by atoms with van der Waals surface area (Å²) in [4.78, 5) is 4.41. The summed E-state index contributed by atoms with van der Waals surface area (Å²) in [6.45, 7) is 2.05. The summed E-state index contributed by atoms with van der Waals surface area (Å²) in [5.41, 5.74) is 6.22. The van der Waals surface area contributed by atoms with Gasteiger partial charge in [-0.05, 0) is 42.7 Å². The third-order valence-corrected chi connectivity index (χ3v) is 3.40. The lowest BCUT2D eigenvalue weighted by Gasteiger charge is -2.17. The van der Waals surface area contributed by atoms with Gasteiger partial charge in [-0.1, -0.05) is 34.1 Å². The summed E-state index contributed by atoms with van der Waals surface area (Å²) < 4.78 is 1.08. The summed E-state index contributed by atoms with van der Waals surface area (Å²) in [7, 11) is 0. The molecular formula is C14H16BrN3. The van der Waals surface area contributed by atoms with Crippen molar-refractivity contribution in [1.82, 2.24) is 10.4 Å². The van der Waals surface area contributed by atoms with Crippen LogP contribution in [0.25, 0.3) is 0 Å². The molecule has 0 amide bonds. The predicted molar refractivity (Wildman–Crippen MR) is 76.9 cm³/mol. The molecule has 0 spiro atoms. The fourth-order valence-electron chi connectivity index (χ4n) is 2.00. The molecule has 0 saturated heterocycles. The largest absolute Gasteiger partial charge is 0.271 e. The number of hydrogen-bond acceptors (Lipinski definition) is 3. The maximum Gasteiger partial charge on any atom is 0.0675 e. The van der Waals surface area contributed by atoms with E-state index < -0.39 is 0 Å². The zero-order valence-electron chi connectivity index (χ0n) is 10.2. The number of pyridine rings is 1. The molecule has 0 aliphatic carbocycles. The van der Waals surface area contributed by atoms with Crippen molar-refractivity contribution >= 4 is 15.9 Å². The van der Waals surface area contributed by atoms with Crippen LogP contribution in [0.3, 0.4) is 0 Å². The molecule has 4 heteroatoms. The number of nitrogens with one attached hydrogen (secondary N) is 1. The molecule has 0 fully saturated rings. The Labute approximate surface area is 116 Å². The van der Waals surface area contributed by atoms with Crippen LogP contribution in [-0.2, 0) is 6.42 Å². The molecule has 1 unspecified atom stereocenters. The van der Waals surface area contributed by atoms with Gasteiger partial charge >= 0.3 is 0 Å². The molecule has 18 heavy (non-hydrogen) atoms. The number of hydrogen-bond donors (Lipinski definition) is 2. The van der Waals surface area contributed by atoms with E-state index in [1.54, 1.807) is 6.20 Å². The van der Waals surface area contributed by atoms with Crippen LogP contribution >= 0.6 is 15.9 Å². The number of nitrogens with two attached hydrogens (primary N) is 1. The first kappa shape index (κ1) is 13.2.